The predicted molar refractivity (Wildman–Crippen MR) is 121 cm³/mol. The highest BCUT2D eigenvalue weighted by atomic mass is 16.5. The maximum Gasteiger partial charge on any atom is 0.256 e. The van der Waals surface area contributed by atoms with E-state index in [2.05, 4.69) is 4.98 Å². The van der Waals surface area contributed by atoms with Crippen LogP contribution in [0.1, 0.15) is 32.8 Å². The van der Waals surface area contributed by atoms with E-state index in [4.69, 9.17) is 4.74 Å². The first-order valence-electron chi connectivity index (χ1n) is 10.7. The standard InChI is InChI=1S/C25H33N3O3/c1-24(2,3)16-22(29)28-13-14-31-25(18-28,23(30)27(4)5)15-19-9-6-7-11-21(19)20-10-8-12-26-17-20/h6-12,17H,13-16,18H2,1-5H3/t25-/m1/s1. The van der Waals surface area contributed by atoms with E-state index >= 15 is 0 Å². The van der Waals surface area contributed by atoms with E-state index < -0.39 is 5.60 Å². The topological polar surface area (TPSA) is 62.7 Å². The Hall–Kier alpha value is -2.73. The summed E-state index contributed by atoms with van der Waals surface area (Å²) >= 11 is 0. The number of hydrogen-bond donors (Lipinski definition) is 0. The number of nitrogens with zero attached hydrogens (tertiary/aromatic N) is 3. The van der Waals surface area contributed by atoms with Crippen molar-refractivity contribution in [1.29, 1.82) is 0 Å². The molecule has 0 spiro atoms. The molecule has 6 heteroatoms. The third-order valence-corrected chi connectivity index (χ3v) is 5.48. The highest BCUT2D eigenvalue weighted by molar-refractivity contribution is 5.87. The average Bonchev–Trinajstić information content (AvgIpc) is 2.73. The van der Waals surface area contributed by atoms with Gasteiger partial charge >= 0.3 is 0 Å². The lowest BCUT2D eigenvalue weighted by molar-refractivity contribution is -0.173. The van der Waals surface area contributed by atoms with Crippen LogP contribution in [0.2, 0.25) is 0 Å². The van der Waals surface area contributed by atoms with Crippen molar-refractivity contribution >= 4 is 11.8 Å². The van der Waals surface area contributed by atoms with Crippen LogP contribution in [-0.2, 0) is 20.7 Å². The number of ether oxygens (including phenoxy) is 1. The first kappa shape index (κ1) is 22.9. The monoisotopic (exact) mass is 423 g/mol. The number of likely N-dealkylation sites (N-methyl/N-ethyl adjacent to an activating group) is 1. The van der Waals surface area contributed by atoms with Crippen molar-refractivity contribution in [3.8, 4) is 11.1 Å². The molecule has 2 heterocycles. The fourth-order valence-electron chi connectivity index (χ4n) is 4.07. The highest BCUT2D eigenvalue weighted by Gasteiger charge is 2.46. The molecule has 166 valence electrons. The predicted octanol–water partition coefficient (Wildman–Crippen LogP) is 3.41. The summed E-state index contributed by atoms with van der Waals surface area (Å²) in [6.45, 7) is 7.24. The number of rotatable bonds is 5. The van der Waals surface area contributed by atoms with Crippen LogP contribution < -0.4 is 0 Å². The van der Waals surface area contributed by atoms with E-state index in [-0.39, 0.29) is 23.8 Å². The Labute approximate surface area is 185 Å². The van der Waals surface area contributed by atoms with Crippen LogP contribution in [0.5, 0.6) is 0 Å². The molecule has 0 N–H and O–H groups in total. The fraction of sp³-hybridized carbons (Fsp3) is 0.480. The Morgan fingerprint density at radius 2 is 1.90 bits per heavy atom. The number of morpholine rings is 1. The van der Waals surface area contributed by atoms with Crippen LogP contribution >= 0.6 is 0 Å². The van der Waals surface area contributed by atoms with Crippen molar-refractivity contribution in [1.82, 2.24) is 14.8 Å². The van der Waals surface area contributed by atoms with Crippen molar-refractivity contribution in [3.63, 3.8) is 0 Å². The summed E-state index contributed by atoms with van der Waals surface area (Å²) in [6.07, 6.45) is 4.38. The summed E-state index contributed by atoms with van der Waals surface area (Å²) in [4.78, 5) is 33.9. The van der Waals surface area contributed by atoms with Gasteiger partial charge in [0.25, 0.3) is 5.91 Å². The van der Waals surface area contributed by atoms with Crippen molar-refractivity contribution < 1.29 is 14.3 Å². The van der Waals surface area contributed by atoms with Gasteiger partial charge in [-0.2, -0.15) is 0 Å². The van der Waals surface area contributed by atoms with E-state index in [0.717, 1.165) is 16.7 Å². The number of carbonyl (C=O) groups excluding carboxylic acids is 2. The van der Waals surface area contributed by atoms with Crippen molar-refractivity contribution in [2.24, 2.45) is 5.41 Å². The first-order valence-corrected chi connectivity index (χ1v) is 10.7. The molecular weight excluding hydrogens is 390 g/mol. The highest BCUT2D eigenvalue weighted by Crippen LogP contribution is 2.32. The summed E-state index contributed by atoms with van der Waals surface area (Å²) in [5.74, 6) is -0.0611. The summed E-state index contributed by atoms with van der Waals surface area (Å²) in [5.41, 5.74) is 1.77. The maximum atomic E-state index is 13.4. The van der Waals surface area contributed by atoms with Gasteiger partial charge in [0.15, 0.2) is 5.60 Å². The normalized spacial score (nSPS) is 19.2. The third kappa shape index (κ3) is 5.50. The molecular formula is C25H33N3O3. The minimum atomic E-state index is -1.12. The van der Waals surface area contributed by atoms with E-state index in [1.807, 2.05) is 63.4 Å². The first-order chi connectivity index (χ1) is 14.6. The van der Waals surface area contributed by atoms with Gasteiger partial charge in [0.1, 0.15) is 0 Å². The summed E-state index contributed by atoms with van der Waals surface area (Å²) < 4.78 is 6.19. The Balaban J connectivity index is 1.96. The molecule has 0 radical (unpaired) electrons. The van der Waals surface area contributed by atoms with Crippen LogP contribution in [0.3, 0.4) is 0 Å². The number of amides is 2. The molecule has 0 aliphatic carbocycles. The van der Waals surface area contributed by atoms with Gasteiger partial charge in [0.2, 0.25) is 5.91 Å². The molecule has 6 nitrogen and oxygen atoms in total. The molecule has 1 aromatic carbocycles. The van der Waals surface area contributed by atoms with E-state index in [0.29, 0.717) is 26.0 Å². The second-order valence-corrected chi connectivity index (χ2v) is 9.67. The molecule has 2 aromatic rings. The van der Waals surface area contributed by atoms with E-state index in [1.165, 1.54) is 0 Å². The molecule has 0 bridgehead atoms. The fourth-order valence-corrected chi connectivity index (χ4v) is 4.07. The van der Waals surface area contributed by atoms with Gasteiger partial charge in [0.05, 0.1) is 13.2 Å². The number of carbonyl (C=O) groups is 2. The molecule has 1 aliphatic rings. The lowest BCUT2D eigenvalue weighted by Crippen LogP contribution is -2.62. The van der Waals surface area contributed by atoms with Gasteiger partial charge in [-0.05, 0) is 22.6 Å². The third-order valence-electron chi connectivity index (χ3n) is 5.48. The molecule has 2 amide bonds. The maximum absolute atomic E-state index is 13.4. The molecule has 31 heavy (non-hydrogen) atoms. The van der Waals surface area contributed by atoms with Gasteiger partial charge < -0.3 is 14.5 Å². The minimum absolute atomic E-state index is 0.0623. The zero-order chi connectivity index (χ0) is 22.6. The Kier molecular flexibility index (Phi) is 6.80. The number of hydrogen-bond acceptors (Lipinski definition) is 4. The smallest absolute Gasteiger partial charge is 0.256 e. The van der Waals surface area contributed by atoms with Crippen LogP contribution in [0.25, 0.3) is 11.1 Å². The molecule has 1 atom stereocenters. The summed E-state index contributed by atoms with van der Waals surface area (Å²) in [7, 11) is 3.47. The van der Waals surface area contributed by atoms with Crippen molar-refractivity contribution in [2.45, 2.75) is 39.2 Å². The van der Waals surface area contributed by atoms with Crippen molar-refractivity contribution in [3.05, 3.63) is 54.4 Å². The van der Waals surface area contributed by atoms with Crippen LogP contribution in [-0.4, -0.2) is 66.0 Å². The Morgan fingerprint density at radius 1 is 1.16 bits per heavy atom. The molecule has 3 rings (SSSR count). The van der Waals surface area contributed by atoms with Gasteiger partial charge in [-0.1, -0.05) is 51.1 Å². The SMILES string of the molecule is CN(C)C(=O)[C@@]1(Cc2ccccc2-c2cccnc2)CN(C(=O)CC(C)(C)C)CCO1. The zero-order valence-electron chi connectivity index (χ0n) is 19.2. The second-order valence-electron chi connectivity index (χ2n) is 9.67. The van der Waals surface area contributed by atoms with Gasteiger partial charge in [-0.15, -0.1) is 0 Å². The number of aromatic nitrogens is 1. The van der Waals surface area contributed by atoms with E-state index in [9.17, 15) is 9.59 Å². The Bertz CT molecular complexity index is 921. The zero-order valence-corrected chi connectivity index (χ0v) is 19.2. The van der Waals surface area contributed by atoms with Gasteiger partial charge in [0, 0.05) is 51.4 Å². The lowest BCUT2D eigenvalue weighted by Gasteiger charge is -2.43. The summed E-state index contributed by atoms with van der Waals surface area (Å²) in [5, 5.41) is 0. The summed E-state index contributed by atoms with van der Waals surface area (Å²) in [6, 6.07) is 11.9. The number of pyridine rings is 1. The quantitative estimate of drug-likeness (QED) is 0.739. The minimum Gasteiger partial charge on any atom is -0.361 e. The lowest BCUT2D eigenvalue weighted by atomic mass is 9.86. The Morgan fingerprint density at radius 3 is 2.55 bits per heavy atom. The molecule has 1 aliphatic heterocycles. The molecule has 1 aromatic heterocycles. The molecule has 1 saturated heterocycles. The molecule has 0 unspecified atom stereocenters. The number of benzene rings is 1. The van der Waals surface area contributed by atoms with E-state index in [1.54, 1.807) is 30.1 Å². The van der Waals surface area contributed by atoms with Crippen LogP contribution in [0.4, 0.5) is 0 Å². The largest absolute Gasteiger partial charge is 0.361 e. The second kappa shape index (κ2) is 9.18. The molecule has 0 saturated carbocycles. The average molecular weight is 424 g/mol. The van der Waals surface area contributed by atoms with Gasteiger partial charge in [-0.25, -0.2) is 0 Å². The van der Waals surface area contributed by atoms with Crippen LogP contribution in [0, 0.1) is 5.41 Å². The van der Waals surface area contributed by atoms with Crippen LogP contribution in [0.15, 0.2) is 48.8 Å². The molecule has 1 fully saturated rings. The van der Waals surface area contributed by atoms with Crippen molar-refractivity contribution in [2.75, 3.05) is 33.8 Å². The van der Waals surface area contributed by atoms with Gasteiger partial charge in [-0.3, -0.25) is 14.6 Å².